The van der Waals surface area contributed by atoms with Crippen molar-refractivity contribution in [1.82, 2.24) is 14.9 Å². The molecule has 3 atom stereocenters. The fraction of sp³-hybridized carbons (Fsp3) is 0.370. The van der Waals surface area contributed by atoms with Gasteiger partial charge in [-0.3, -0.25) is 14.4 Å². The summed E-state index contributed by atoms with van der Waals surface area (Å²) in [6, 6.07) is 14.3. The Morgan fingerprint density at radius 3 is 2.92 bits per heavy atom. The molecular weight excluding hydrogens is 488 g/mol. The Morgan fingerprint density at radius 1 is 1.26 bits per heavy atom. The third-order valence-electron chi connectivity index (χ3n) is 7.20. The van der Waals surface area contributed by atoms with Crippen LogP contribution in [0.15, 0.2) is 47.3 Å². The normalized spacial score (nSPS) is 20.5. The molecule has 5 rings (SSSR count). The summed E-state index contributed by atoms with van der Waals surface area (Å²) in [5.41, 5.74) is 1.11. The van der Waals surface area contributed by atoms with E-state index in [1.54, 1.807) is 28.8 Å². The predicted molar refractivity (Wildman–Crippen MR) is 140 cm³/mol. The van der Waals surface area contributed by atoms with Gasteiger partial charge in [-0.1, -0.05) is 6.07 Å². The molecule has 3 heterocycles. The first-order valence-electron chi connectivity index (χ1n) is 12.5. The van der Waals surface area contributed by atoms with Crippen molar-refractivity contribution in [3.8, 4) is 11.8 Å². The molecule has 1 aromatic carbocycles. The van der Waals surface area contributed by atoms with Gasteiger partial charge in [0.1, 0.15) is 11.9 Å². The molecule has 196 valence electrons. The van der Waals surface area contributed by atoms with E-state index in [-0.39, 0.29) is 36.3 Å². The quantitative estimate of drug-likeness (QED) is 0.429. The fourth-order valence-electron chi connectivity index (χ4n) is 5.25. The van der Waals surface area contributed by atoms with E-state index in [0.29, 0.717) is 48.9 Å². The number of pyridine rings is 2. The lowest BCUT2D eigenvalue weighted by Gasteiger charge is -2.40. The number of anilines is 2. The van der Waals surface area contributed by atoms with Crippen molar-refractivity contribution >= 4 is 34.9 Å². The van der Waals surface area contributed by atoms with Gasteiger partial charge < -0.3 is 29.6 Å². The Bertz CT molecular complexity index is 1460. The van der Waals surface area contributed by atoms with E-state index in [0.717, 1.165) is 23.7 Å². The molecule has 1 aliphatic carbocycles. The van der Waals surface area contributed by atoms with Crippen LogP contribution in [0.4, 0.5) is 11.6 Å². The van der Waals surface area contributed by atoms with Crippen molar-refractivity contribution in [1.29, 1.82) is 5.26 Å². The molecule has 2 N–H and O–H groups in total. The Hall–Kier alpha value is -4.43. The van der Waals surface area contributed by atoms with Gasteiger partial charge in [0.15, 0.2) is 18.2 Å². The average molecular weight is 517 g/mol. The number of nitrogens with zero attached hydrogens (tertiary/aromatic N) is 4. The summed E-state index contributed by atoms with van der Waals surface area (Å²) in [5.74, 6) is 1.27. The zero-order valence-corrected chi connectivity index (χ0v) is 20.9. The number of likely N-dealkylation sites (N-methyl/N-ethyl adjacent to an activating group) is 1. The number of hydrogen-bond acceptors (Lipinski definition) is 9. The van der Waals surface area contributed by atoms with Crippen molar-refractivity contribution in [2.45, 2.75) is 44.0 Å². The molecule has 1 amide bonds. The summed E-state index contributed by atoms with van der Waals surface area (Å²) in [6.45, 7) is 1.43. The van der Waals surface area contributed by atoms with E-state index in [9.17, 15) is 19.6 Å². The molecule has 2 aliphatic rings. The van der Waals surface area contributed by atoms with Gasteiger partial charge in [0.25, 0.3) is 17.9 Å². The molecule has 1 fully saturated rings. The van der Waals surface area contributed by atoms with E-state index in [4.69, 9.17) is 9.47 Å². The maximum Gasteiger partial charge on any atom is 0.293 e. The Morgan fingerprint density at radius 2 is 2.11 bits per heavy atom. The van der Waals surface area contributed by atoms with Crippen LogP contribution in [0.3, 0.4) is 0 Å². The first-order valence-corrected chi connectivity index (χ1v) is 12.5. The summed E-state index contributed by atoms with van der Waals surface area (Å²) in [5, 5.41) is 16.4. The molecule has 3 unspecified atom stereocenters. The Balaban J connectivity index is 1.24. The van der Waals surface area contributed by atoms with Gasteiger partial charge in [0, 0.05) is 38.7 Å². The van der Waals surface area contributed by atoms with Gasteiger partial charge in [-0.25, -0.2) is 4.98 Å². The van der Waals surface area contributed by atoms with Crippen LogP contribution in [-0.2, 0) is 20.9 Å². The molecule has 38 heavy (non-hydrogen) atoms. The van der Waals surface area contributed by atoms with Crippen LogP contribution < -0.4 is 25.8 Å². The second kappa shape index (κ2) is 10.9. The summed E-state index contributed by atoms with van der Waals surface area (Å²) >= 11 is 0. The lowest BCUT2D eigenvalue weighted by atomic mass is 9.87. The van der Waals surface area contributed by atoms with E-state index in [1.165, 1.54) is 6.07 Å². The molecule has 0 spiro atoms. The highest BCUT2D eigenvalue weighted by Gasteiger charge is 2.35. The topological polar surface area (TPSA) is 139 Å². The third kappa shape index (κ3) is 5.17. The summed E-state index contributed by atoms with van der Waals surface area (Å²) in [7, 11) is 1.89. The van der Waals surface area contributed by atoms with E-state index in [2.05, 4.69) is 21.7 Å². The summed E-state index contributed by atoms with van der Waals surface area (Å²) in [6.07, 6.45) is 1.81. The van der Waals surface area contributed by atoms with Gasteiger partial charge >= 0.3 is 0 Å². The molecule has 0 radical (unpaired) electrons. The van der Waals surface area contributed by atoms with Crippen molar-refractivity contribution < 1.29 is 19.1 Å². The molecule has 1 saturated carbocycles. The minimum Gasteiger partial charge on any atom is -0.480 e. The standard InChI is InChI=1S/C27H28N6O5/c1-32(24-8-7-22-27(30-24)31-25(35)15-37-22)20-6-5-19(13-23(20)38-16-34)29-10-11-33-21-12-17(14-28)2-3-18(21)4-9-26(33)36/h2-4,7-9,12,16,19-20,23,29H,5-6,10-11,13,15H2,1H3,(H,30,31,35). The van der Waals surface area contributed by atoms with Gasteiger partial charge in [0.2, 0.25) is 0 Å². The first-order chi connectivity index (χ1) is 18.5. The number of nitriles is 1. The van der Waals surface area contributed by atoms with E-state index >= 15 is 0 Å². The van der Waals surface area contributed by atoms with Crippen LogP contribution in [0.2, 0.25) is 0 Å². The van der Waals surface area contributed by atoms with Crippen molar-refractivity contribution in [3.05, 3.63) is 58.4 Å². The Labute approximate surface area is 219 Å². The Kier molecular flexibility index (Phi) is 7.24. The van der Waals surface area contributed by atoms with Crippen LogP contribution in [0.25, 0.3) is 10.9 Å². The molecule has 0 saturated heterocycles. The van der Waals surface area contributed by atoms with Crippen LogP contribution in [0, 0.1) is 11.3 Å². The fourth-order valence-corrected chi connectivity index (χ4v) is 5.25. The second-order valence-corrected chi connectivity index (χ2v) is 9.47. The number of benzene rings is 1. The summed E-state index contributed by atoms with van der Waals surface area (Å²) < 4.78 is 12.6. The number of aromatic nitrogens is 2. The second-order valence-electron chi connectivity index (χ2n) is 9.47. The molecule has 11 nitrogen and oxygen atoms in total. The van der Waals surface area contributed by atoms with Crippen LogP contribution in [-0.4, -0.2) is 60.3 Å². The van der Waals surface area contributed by atoms with Gasteiger partial charge in [0.05, 0.1) is 23.2 Å². The van der Waals surface area contributed by atoms with Crippen molar-refractivity contribution in [2.24, 2.45) is 0 Å². The number of nitrogens with one attached hydrogen (secondary N) is 2. The van der Waals surface area contributed by atoms with Crippen LogP contribution in [0.5, 0.6) is 5.75 Å². The van der Waals surface area contributed by atoms with Crippen LogP contribution in [0.1, 0.15) is 24.8 Å². The maximum absolute atomic E-state index is 12.6. The van der Waals surface area contributed by atoms with Gasteiger partial charge in [-0.15, -0.1) is 0 Å². The number of ether oxygens (including phenoxy) is 2. The highest BCUT2D eigenvalue weighted by Crippen LogP contribution is 2.32. The van der Waals surface area contributed by atoms with Gasteiger partial charge in [-0.05, 0) is 48.6 Å². The number of rotatable bonds is 8. The minimum atomic E-state index is -0.370. The van der Waals surface area contributed by atoms with Crippen LogP contribution >= 0.6 is 0 Å². The van der Waals surface area contributed by atoms with Gasteiger partial charge in [-0.2, -0.15) is 5.26 Å². The molecule has 1 aliphatic heterocycles. The average Bonchev–Trinajstić information content (AvgIpc) is 2.93. The lowest BCUT2D eigenvalue weighted by molar-refractivity contribution is -0.136. The van der Waals surface area contributed by atoms with Crippen molar-refractivity contribution in [3.63, 3.8) is 0 Å². The largest absolute Gasteiger partial charge is 0.480 e. The number of amides is 1. The summed E-state index contributed by atoms with van der Waals surface area (Å²) in [4.78, 5) is 42.1. The number of hydrogen-bond donors (Lipinski definition) is 2. The zero-order chi connectivity index (χ0) is 26.6. The molecular formula is C27H28N6O5. The predicted octanol–water partition coefficient (Wildman–Crippen LogP) is 1.79. The van der Waals surface area contributed by atoms with E-state index in [1.807, 2.05) is 24.1 Å². The molecule has 2 aromatic heterocycles. The highest BCUT2D eigenvalue weighted by atomic mass is 16.5. The van der Waals surface area contributed by atoms with E-state index < -0.39 is 0 Å². The number of carbonyl (C=O) groups is 2. The SMILES string of the molecule is CN(c1ccc2c(n1)NC(=O)CO2)C1CCC(NCCn2c(=O)ccc3ccc(C#N)cc32)CC1OC=O. The molecule has 0 bridgehead atoms. The third-order valence-corrected chi connectivity index (χ3v) is 7.20. The molecule has 3 aromatic rings. The lowest BCUT2D eigenvalue weighted by Crippen LogP contribution is -2.51. The smallest absolute Gasteiger partial charge is 0.293 e. The maximum atomic E-state index is 12.6. The highest BCUT2D eigenvalue weighted by molar-refractivity contribution is 5.94. The molecule has 11 heteroatoms. The monoisotopic (exact) mass is 516 g/mol. The minimum absolute atomic E-state index is 0.0356. The number of fused-ring (bicyclic) bond motifs is 2. The first kappa shape index (κ1) is 25.2. The van der Waals surface area contributed by atoms with Crippen molar-refractivity contribution in [2.75, 3.05) is 30.4 Å². The zero-order valence-electron chi connectivity index (χ0n) is 20.9. The number of carbonyl (C=O) groups excluding carboxylic acids is 2.